The quantitative estimate of drug-likeness (QED) is 0.769. The van der Waals surface area contributed by atoms with Crippen LogP contribution >= 0.6 is 0 Å². The van der Waals surface area contributed by atoms with Crippen LogP contribution in [-0.2, 0) is 9.53 Å². The maximum absolute atomic E-state index is 12.5. The lowest BCUT2D eigenvalue weighted by molar-refractivity contribution is -0.146. The Labute approximate surface area is 118 Å². The highest BCUT2D eigenvalue weighted by Crippen LogP contribution is 2.26. The van der Waals surface area contributed by atoms with E-state index in [4.69, 9.17) is 4.74 Å². The summed E-state index contributed by atoms with van der Waals surface area (Å²) < 4.78 is 4.79. The summed E-state index contributed by atoms with van der Waals surface area (Å²) in [5.41, 5.74) is 2.22. The van der Waals surface area contributed by atoms with E-state index in [-0.39, 0.29) is 23.7 Å². The molecule has 0 spiro atoms. The van der Waals surface area contributed by atoms with Crippen molar-refractivity contribution in [2.75, 3.05) is 20.2 Å². The van der Waals surface area contributed by atoms with Gasteiger partial charge in [0.2, 0.25) is 0 Å². The van der Waals surface area contributed by atoms with Crippen molar-refractivity contribution in [3.63, 3.8) is 0 Å². The molecule has 20 heavy (non-hydrogen) atoms. The molecule has 1 amide bonds. The molecule has 0 aliphatic carbocycles. The van der Waals surface area contributed by atoms with Crippen LogP contribution in [0.5, 0.6) is 0 Å². The van der Waals surface area contributed by atoms with Crippen LogP contribution in [0.25, 0.3) is 0 Å². The molecule has 1 fully saturated rings. The molecule has 2 heterocycles. The van der Waals surface area contributed by atoms with Gasteiger partial charge in [-0.2, -0.15) is 0 Å². The summed E-state index contributed by atoms with van der Waals surface area (Å²) in [6.07, 6.45) is 0. The second-order valence-electron chi connectivity index (χ2n) is 5.40. The third kappa shape index (κ3) is 2.66. The lowest BCUT2D eigenvalue weighted by atomic mass is 9.99. The number of carbonyl (C=O) groups is 2. The molecule has 2 rings (SSSR count). The normalized spacial score (nSPS) is 21.9. The number of ether oxygens (including phenoxy) is 1. The molecule has 1 aromatic rings. The Morgan fingerprint density at radius 3 is 2.60 bits per heavy atom. The van der Waals surface area contributed by atoms with Crippen molar-refractivity contribution >= 4 is 11.9 Å². The van der Waals surface area contributed by atoms with Crippen molar-refractivity contribution in [2.24, 2.45) is 11.8 Å². The number of esters is 1. The molecule has 108 valence electrons. The number of amides is 1. The minimum absolute atomic E-state index is 0.0618. The Bertz CT molecular complexity index is 542. The molecule has 0 aromatic carbocycles. The first kappa shape index (κ1) is 14.5. The van der Waals surface area contributed by atoms with Crippen LogP contribution in [0.1, 0.15) is 28.7 Å². The fraction of sp³-hybridized carbons (Fsp3) is 0.533. The third-order valence-electron chi connectivity index (χ3n) is 3.86. The molecule has 0 saturated carbocycles. The highest BCUT2D eigenvalue weighted by atomic mass is 16.5. The molecular weight excluding hydrogens is 256 g/mol. The summed E-state index contributed by atoms with van der Waals surface area (Å²) in [5, 5.41) is 0. The van der Waals surface area contributed by atoms with Crippen molar-refractivity contribution in [2.45, 2.75) is 20.8 Å². The van der Waals surface area contributed by atoms with E-state index in [0.29, 0.717) is 18.7 Å². The van der Waals surface area contributed by atoms with E-state index in [9.17, 15) is 9.59 Å². The Morgan fingerprint density at radius 2 is 2.00 bits per heavy atom. The summed E-state index contributed by atoms with van der Waals surface area (Å²) in [4.78, 5) is 30.2. The summed E-state index contributed by atoms with van der Waals surface area (Å²) in [6, 6.07) is 3.63. The summed E-state index contributed by atoms with van der Waals surface area (Å²) in [7, 11) is 1.38. The van der Waals surface area contributed by atoms with Crippen LogP contribution in [0.15, 0.2) is 12.1 Å². The van der Waals surface area contributed by atoms with Gasteiger partial charge in [-0.05, 0) is 31.9 Å². The Balaban J connectivity index is 2.17. The van der Waals surface area contributed by atoms with Gasteiger partial charge >= 0.3 is 5.97 Å². The van der Waals surface area contributed by atoms with Crippen LogP contribution in [-0.4, -0.2) is 42.0 Å². The Morgan fingerprint density at radius 1 is 1.30 bits per heavy atom. The minimum atomic E-state index is -0.244. The van der Waals surface area contributed by atoms with E-state index < -0.39 is 0 Å². The molecule has 5 heteroatoms. The number of hydrogen-bond donors (Lipinski definition) is 0. The van der Waals surface area contributed by atoms with Crippen LogP contribution in [0.3, 0.4) is 0 Å². The summed E-state index contributed by atoms with van der Waals surface area (Å²) >= 11 is 0. The van der Waals surface area contributed by atoms with Gasteiger partial charge in [-0.15, -0.1) is 0 Å². The van der Waals surface area contributed by atoms with Crippen molar-refractivity contribution in [3.05, 3.63) is 29.1 Å². The second kappa shape index (κ2) is 5.61. The number of aryl methyl sites for hydroxylation is 2. The van der Waals surface area contributed by atoms with Crippen LogP contribution in [0.2, 0.25) is 0 Å². The molecule has 1 saturated heterocycles. The van der Waals surface area contributed by atoms with Crippen molar-refractivity contribution < 1.29 is 14.3 Å². The van der Waals surface area contributed by atoms with E-state index in [1.807, 2.05) is 26.8 Å². The molecular formula is C15H20N2O3. The van der Waals surface area contributed by atoms with Gasteiger partial charge in [0.15, 0.2) is 0 Å². The number of hydrogen-bond acceptors (Lipinski definition) is 4. The highest BCUT2D eigenvalue weighted by molar-refractivity contribution is 5.95. The van der Waals surface area contributed by atoms with Crippen molar-refractivity contribution in [3.8, 4) is 0 Å². The maximum atomic E-state index is 12.5. The number of methoxy groups -OCH3 is 1. The largest absolute Gasteiger partial charge is 0.469 e. The molecule has 0 N–H and O–H groups in total. The van der Waals surface area contributed by atoms with Gasteiger partial charge < -0.3 is 9.64 Å². The molecule has 0 bridgehead atoms. The zero-order valence-electron chi connectivity index (χ0n) is 12.3. The average Bonchev–Trinajstić information content (AvgIpc) is 2.79. The topological polar surface area (TPSA) is 59.5 Å². The molecule has 5 nitrogen and oxygen atoms in total. The van der Waals surface area contributed by atoms with Gasteiger partial charge in [-0.3, -0.25) is 14.6 Å². The highest BCUT2D eigenvalue weighted by Gasteiger charge is 2.38. The molecule has 2 atom stereocenters. The predicted molar refractivity (Wildman–Crippen MR) is 74.3 cm³/mol. The first-order valence-electron chi connectivity index (χ1n) is 6.75. The third-order valence-corrected chi connectivity index (χ3v) is 3.86. The molecule has 1 aromatic heterocycles. The van der Waals surface area contributed by atoms with Gasteiger partial charge in [-0.25, -0.2) is 0 Å². The molecule has 1 aliphatic rings. The SMILES string of the molecule is COC(=O)C1CN(C(=O)c2ccc(C)nc2C)CC1C. The zero-order valence-corrected chi connectivity index (χ0v) is 12.3. The smallest absolute Gasteiger partial charge is 0.310 e. The lowest BCUT2D eigenvalue weighted by Crippen LogP contribution is -2.30. The molecule has 1 aliphatic heterocycles. The Kier molecular flexibility index (Phi) is 4.06. The number of pyridine rings is 1. The van der Waals surface area contributed by atoms with Crippen molar-refractivity contribution in [1.82, 2.24) is 9.88 Å². The van der Waals surface area contributed by atoms with Crippen LogP contribution in [0.4, 0.5) is 0 Å². The van der Waals surface area contributed by atoms with Crippen LogP contribution in [0, 0.1) is 25.7 Å². The van der Waals surface area contributed by atoms with Gasteiger partial charge in [0.05, 0.1) is 24.3 Å². The van der Waals surface area contributed by atoms with Crippen LogP contribution < -0.4 is 0 Å². The number of rotatable bonds is 2. The average molecular weight is 276 g/mol. The second-order valence-corrected chi connectivity index (χ2v) is 5.40. The van der Waals surface area contributed by atoms with E-state index in [2.05, 4.69) is 4.98 Å². The zero-order chi connectivity index (χ0) is 14.9. The lowest BCUT2D eigenvalue weighted by Gasteiger charge is -2.17. The minimum Gasteiger partial charge on any atom is -0.469 e. The monoisotopic (exact) mass is 276 g/mol. The van der Waals surface area contributed by atoms with E-state index in [0.717, 1.165) is 11.4 Å². The first-order valence-corrected chi connectivity index (χ1v) is 6.75. The van der Waals surface area contributed by atoms with Gasteiger partial charge in [0.25, 0.3) is 5.91 Å². The number of carbonyl (C=O) groups excluding carboxylic acids is 2. The number of nitrogens with zero attached hydrogens (tertiary/aromatic N) is 2. The fourth-order valence-electron chi connectivity index (χ4n) is 2.67. The molecule has 2 unspecified atom stereocenters. The summed E-state index contributed by atoms with van der Waals surface area (Å²) in [6.45, 7) is 6.69. The Hall–Kier alpha value is -1.91. The van der Waals surface area contributed by atoms with Gasteiger partial charge in [0, 0.05) is 18.8 Å². The number of likely N-dealkylation sites (tertiary alicyclic amines) is 1. The van der Waals surface area contributed by atoms with E-state index in [1.54, 1.807) is 11.0 Å². The maximum Gasteiger partial charge on any atom is 0.310 e. The number of aromatic nitrogens is 1. The summed E-state index contributed by atoms with van der Waals surface area (Å²) in [5.74, 6) is -0.424. The standard InChI is InChI=1S/C15H20N2O3/c1-9-7-17(8-13(9)15(19)20-4)14(18)12-6-5-10(2)16-11(12)3/h5-6,9,13H,7-8H2,1-4H3. The van der Waals surface area contributed by atoms with E-state index in [1.165, 1.54) is 7.11 Å². The fourth-order valence-corrected chi connectivity index (χ4v) is 2.67. The predicted octanol–water partition coefficient (Wildman–Crippen LogP) is 1.58. The first-order chi connectivity index (χ1) is 9.43. The van der Waals surface area contributed by atoms with Crippen molar-refractivity contribution in [1.29, 1.82) is 0 Å². The van der Waals surface area contributed by atoms with Gasteiger partial charge in [-0.1, -0.05) is 6.92 Å². The molecule has 0 radical (unpaired) electrons. The van der Waals surface area contributed by atoms with Gasteiger partial charge in [0.1, 0.15) is 0 Å². The van der Waals surface area contributed by atoms with E-state index >= 15 is 0 Å².